The van der Waals surface area contributed by atoms with Gasteiger partial charge in [-0.15, -0.1) is 10.2 Å². The summed E-state index contributed by atoms with van der Waals surface area (Å²) in [6.45, 7) is 5.74. The minimum atomic E-state index is 0.0548. The number of piperidine rings is 1. The molecule has 152 valence electrons. The smallest absolute Gasteiger partial charge is 0.225 e. The molecule has 4 heterocycles. The van der Waals surface area contributed by atoms with E-state index in [0.29, 0.717) is 26.2 Å². The Morgan fingerprint density at radius 1 is 0.862 bits per heavy atom. The number of nitrogens with zero attached hydrogens (tertiary/aromatic N) is 6. The zero-order valence-corrected chi connectivity index (χ0v) is 16.7. The van der Waals surface area contributed by atoms with E-state index in [1.165, 1.54) is 0 Å². The van der Waals surface area contributed by atoms with Crippen molar-refractivity contribution in [2.75, 3.05) is 44.2 Å². The van der Waals surface area contributed by atoms with Crippen molar-refractivity contribution in [3.8, 4) is 11.3 Å². The van der Waals surface area contributed by atoms with E-state index in [1.807, 2.05) is 29.2 Å². The number of carbonyl (C=O) groups excluding carboxylic acids is 2. The third-order valence-corrected chi connectivity index (χ3v) is 5.83. The summed E-state index contributed by atoms with van der Waals surface area (Å²) in [6, 6.07) is 7.79. The molecule has 2 aliphatic heterocycles. The molecule has 0 atom stereocenters. The number of anilines is 1. The zero-order valence-electron chi connectivity index (χ0n) is 16.7. The second kappa shape index (κ2) is 8.55. The van der Waals surface area contributed by atoms with E-state index in [4.69, 9.17) is 0 Å². The minimum absolute atomic E-state index is 0.0548. The van der Waals surface area contributed by atoms with Gasteiger partial charge in [0.25, 0.3) is 0 Å². The number of hydrogen-bond acceptors (Lipinski definition) is 6. The first-order valence-corrected chi connectivity index (χ1v) is 10.1. The molecule has 2 fully saturated rings. The molecule has 0 radical (unpaired) electrons. The number of carbonyl (C=O) groups is 2. The Labute approximate surface area is 170 Å². The van der Waals surface area contributed by atoms with Crippen molar-refractivity contribution >= 4 is 17.6 Å². The Hall–Kier alpha value is -3.03. The molecule has 8 heteroatoms. The fourth-order valence-corrected chi connectivity index (χ4v) is 4.03. The van der Waals surface area contributed by atoms with Gasteiger partial charge < -0.3 is 14.7 Å². The molecule has 0 N–H and O–H groups in total. The van der Waals surface area contributed by atoms with Crippen LogP contribution in [-0.4, -0.2) is 76.1 Å². The maximum atomic E-state index is 12.8. The quantitative estimate of drug-likeness (QED) is 0.784. The van der Waals surface area contributed by atoms with E-state index in [1.54, 1.807) is 24.2 Å². The molecule has 0 aliphatic carbocycles. The SMILES string of the molecule is CC(=O)N1CCN(C(=O)C2CCN(c3ccc(-c4ccncc4)nn3)CC2)CC1. The molecule has 2 aromatic heterocycles. The van der Waals surface area contributed by atoms with Crippen LogP contribution in [-0.2, 0) is 9.59 Å². The van der Waals surface area contributed by atoms with Crippen molar-refractivity contribution in [3.63, 3.8) is 0 Å². The molecule has 0 aromatic carbocycles. The molecular weight excluding hydrogens is 368 g/mol. The summed E-state index contributed by atoms with van der Waals surface area (Å²) < 4.78 is 0. The van der Waals surface area contributed by atoms with E-state index >= 15 is 0 Å². The average Bonchev–Trinajstić information content (AvgIpc) is 2.79. The fraction of sp³-hybridized carbons (Fsp3) is 0.476. The van der Waals surface area contributed by atoms with Gasteiger partial charge in [-0.2, -0.15) is 0 Å². The third-order valence-electron chi connectivity index (χ3n) is 5.83. The van der Waals surface area contributed by atoms with Gasteiger partial charge >= 0.3 is 0 Å². The third kappa shape index (κ3) is 4.36. The van der Waals surface area contributed by atoms with E-state index in [2.05, 4.69) is 20.1 Å². The zero-order chi connectivity index (χ0) is 20.2. The first-order chi connectivity index (χ1) is 14.1. The van der Waals surface area contributed by atoms with Crippen LogP contribution in [0.3, 0.4) is 0 Å². The van der Waals surface area contributed by atoms with Gasteiger partial charge in [-0.1, -0.05) is 0 Å². The highest BCUT2D eigenvalue weighted by molar-refractivity contribution is 5.80. The largest absolute Gasteiger partial charge is 0.355 e. The van der Waals surface area contributed by atoms with Crippen LogP contribution in [0.1, 0.15) is 19.8 Å². The summed E-state index contributed by atoms with van der Waals surface area (Å²) in [7, 11) is 0. The summed E-state index contributed by atoms with van der Waals surface area (Å²) in [4.78, 5) is 34.2. The van der Waals surface area contributed by atoms with Crippen LogP contribution in [0.2, 0.25) is 0 Å². The normalized spacial score (nSPS) is 18.0. The summed E-state index contributed by atoms with van der Waals surface area (Å²) >= 11 is 0. The molecule has 2 aromatic rings. The van der Waals surface area contributed by atoms with Crippen LogP contribution >= 0.6 is 0 Å². The van der Waals surface area contributed by atoms with Crippen molar-refractivity contribution in [2.45, 2.75) is 19.8 Å². The number of piperazine rings is 1. The maximum Gasteiger partial charge on any atom is 0.225 e. The maximum absolute atomic E-state index is 12.8. The molecule has 29 heavy (non-hydrogen) atoms. The van der Waals surface area contributed by atoms with Crippen molar-refractivity contribution in [1.29, 1.82) is 0 Å². The first kappa shape index (κ1) is 19.3. The Bertz CT molecular complexity index is 841. The molecule has 0 saturated carbocycles. The Kier molecular flexibility index (Phi) is 5.69. The van der Waals surface area contributed by atoms with Gasteiger partial charge in [0, 0.05) is 70.1 Å². The number of rotatable bonds is 3. The molecule has 0 bridgehead atoms. The van der Waals surface area contributed by atoms with Crippen LogP contribution < -0.4 is 4.90 Å². The number of aromatic nitrogens is 3. The lowest BCUT2D eigenvalue weighted by molar-refractivity contribution is -0.141. The molecule has 0 unspecified atom stereocenters. The summed E-state index contributed by atoms with van der Waals surface area (Å²) in [5.41, 5.74) is 1.82. The fourth-order valence-electron chi connectivity index (χ4n) is 4.03. The van der Waals surface area contributed by atoms with E-state index < -0.39 is 0 Å². The van der Waals surface area contributed by atoms with Gasteiger partial charge in [0.1, 0.15) is 0 Å². The monoisotopic (exact) mass is 394 g/mol. The van der Waals surface area contributed by atoms with Gasteiger partial charge in [-0.3, -0.25) is 14.6 Å². The standard InChI is InChI=1S/C21H26N6O2/c1-16(28)25-12-14-27(15-13-25)21(29)18-6-10-26(11-7-18)20-3-2-19(23-24-20)17-4-8-22-9-5-17/h2-5,8-9,18H,6-7,10-15H2,1H3. The summed E-state index contributed by atoms with van der Waals surface area (Å²) in [5, 5.41) is 8.73. The van der Waals surface area contributed by atoms with Crippen LogP contribution in [0.15, 0.2) is 36.7 Å². The van der Waals surface area contributed by atoms with E-state index in [9.17, 15) is 9.59 Å². The van der Waals surface area contributed by atoms with Crippen molar-refractivity contribution in [1.82, 2.24) is 25.0 Å². The van der Waals surface area contributed by atoms with Crippen LogP contribution in [0.4, 0.5) is 5.82 Å². The lowest BCUT2D eigenvalue weighted by atomic mass is 9.95. The summed E-state index contributed by atoms with van der Waals surface area (Å²) in [6.07, 6.45) is 5.12. The van der Waals surface area contributed by atoms with Gasteiger partial charge in [0.05, 0.1) is 5.69 Å². The van der Waals surface area contributed by atoms with Crippen LogP contribution in [0, 0.1) is 5.92 Å². The molecule has 0 spiro atoms. The molecule has 8 nitrogen and oxygen atoms in total. The molecular formula is C21H26N6O2. The highest BCUT2D eigenvalue weighted by Gasteiger charge is 2.31. The molecule has 4 rings (SSSR count). The van der Waals surface area contributed by atoms with Crippen LogP contribution in [0.5, 0.6) is 0 Å². The lowest BCUT2D eigenvalue weighted by Crippen LogP contribution is -2.52. The van der Waals surface area contributed by atoms with E-state index in [-0.39, 0.29) is 17.7 Å². The highest BCUT2D eigenvalue weighted by atomic mass is 16.2. The Morgan fingerprint density at radius 3 is 2.10 bits per heavy atom. The molecule has 2 saturated heterocycles. The molecule has 2 amide bonds. The number of hydrogen-bond donors (Lipinski definition) is 0. The van der Waals surface area contributed by atoms with Crippen molar-refractivity contribution in [3.05, 3.63) is 36.7 Å². The second-order valence-electron chi connectivity index (χ2n) is 7.61. The van der Waals surface area contributed by atoms with E-state index in [0.717, 1.165) is 43.0 Å². The molecule has 2 aliphatic rings. The predicted molar refractivity (Wildman–Crippen MR) is 109 cm³/mol. The second-order valence-corrected chi connectivity index (χ2v) is 7.61. The highest BCUT2D eigenvalue weighted by Crippen LogP contribution is 2.25. The number of pyridine rings is 1. The first-order valence-electron chi connectivity index (χ1n) is 10.1. The minimum Gasteiger partial charge on any atom is -0.355 e. The van der Waals surface area contributed by atoms with Crippen LogP contribution in [0.25, 0.3) is 11.3 Å². The van der Waals surface area contributed by atoms with Crippen molar-refractivity contribution < 1.29 is 9.59 Å². The Morgan fingerprint density at radius 2 is 1.52 bits per heavy atom. The summed E-state index contributed by atoms with van der Waals surface area (Å²) in [5.74, 6) is 1.22. The van der Waals surface area contributed by atoms with Gasteiger partial charge in [0.2, 0.25) is 11.8 Å². The average molecular weight is 394 g/mol. The van der Waals surface area contributed by atoms with Gasteiger partial charge in [-0.25, -0.2) is 0 Å². The lowest BCUT2D eigenvalue weighted by Gasteiger charge is -2.38. The Balaban J connectivity index is 1.30. The predicted octanol–water partition coefficient (Wildman–Crippen LogP) is 1.45. The number of amides is 2. The topological polar surface area (TPSA) is 82.5 Å². The van der Waals surface area contributed by atoms with Gasteiger partial charge in [0.15, 0.2) is 5.82 Å². The van der Waals surface area contributed by atoms with Crippen molar-refractivity contribution in [2.24, 2.45) is 5.92 Å². The van der Waals surface area contributed by atoms with Gasteiger partial charge in [-0.05, 0) is 37.1 Å².